The Morgan fingerprint density at radius 3 is 2.62 bits per heavy atom. The van der Waals surface area contributed by atoms with E-state index in [2.05, 4.69) is 38.2 Å². The lowest BCUT2D eigenvalue weighted by molar-refractivity contribution is -0.137. The van der Waals surface area contributed by atoms with Gasteiger partial charge in [0.15, 0.2) is 0 Å². The highest BCUT2D eigenvalue weighted by Crippen LogP contribution is 2.29. The molecule has 0 aromatic carbocycles. The number of thiophene rings is 1. The van der Waals surface area contributed by atoms with Crippen molar-refractivity contribution in [3.05, 3.63) is 21.9 Å². The summed E-state index contributed by atoms with van der Waals surface area (Å²) in [6, 6.07) is 4.20. The largest absolute Gasteiger partial charge is 0.378 e. The molecular weight excluding hydrogens is 284 g/mol. The number of morpholine rings is 1. The Balaban J connectivity index is 1.84. The maximum Gasteiger partial charge on any atom is 0.239 e. The van der Waals surface area contributed by atoms with Gasteiger partial charge in [-0.05, 0) is 24.5 Å². The lowest BCUT2D eigenvalue weighted by atomic mass is 9.95. The number of nitrogens with one attached hydrogen (secondary N) is 1. The van der Waals surface area contributed by atoms with Gasteiger partial charge in [-0.25, -0.2) is 0 Å². The summed E-state index contributed by atoms with van der Waals surface area (Å²) in [7, 11) is 0. The van der Waals surface area contributed by atoms with Crippen LogP contribution in [0.2, 0.25) is 0 Å². The fraction of sp³-hybridized carbons (Fsp3) is 0.688. The van der Waals surface area contributed by atoms with E-state index in [0.717, 1.165) is 6.54 Å². The molecule has 118 valence electrons. The Hall–Kier alpha value is -0.910. The molecule has 1 N–H and O–H groups in total. The summed E-state index contributed by atoms with van der Waals surface area (Å²) in [5.41, 5.74) is 0.193. The van der Waals surface area contributed by atoms with Gasteiger partial charge in [-0.15, -0.1) is 11.3 Å². The Labute approximate surface area is 131 Å². The Morgan fingerprint density at radius 1 is 1.38 bits per heavy atom. The van der Waals surface area contributed by atoms with Crippen molar-refractivity contribution in [2.75, 3.05) is 26.3 Å². The SMILES string of the molecule is CC(NCc1ccc(C(C)(C)C)s1)C(=O)N1CCOCC1. The maximum absolute atomic E-state index is 12.3. The predicted molar refractivity (Wildman–Crippen MR) is 86.7 cm³/mol. The molecule has 1 aromatic heterocycles. The molecule has 1 aromatic rings. The zero-order chi connectivity index (χ0) is 15.5. The van der Waals surface area contributed by atoms with Gasteiger partial charge in [0.2, 0.25) is 5.91 Å². The minimum atomic E-state index is -0.150. The third-order valence-electron chi connectivity index (χ3n) is 3.68. The van der Waals surface area contributed by atoms with Gasteiger partial charge in [0.05, 0.1) is 19.3 Å². The predicted octanol–water partition coefficient (Wildman–Crippen LogP) is 2.38. The number of amides is 1. The number of carbonyl (C=O) groups excluding carboxylic acids is 1. The minimum absolute atomic E-state index is 0.150. The molecule has 1 aliphatic rings. The van der Waals surface area contributed by atoms with E-state index in [9.17, 15) is 4.79 Å². The molecule has 1 atom stereocenters. The molecule has 0 spiro atoms. The van der Waals surface area contributed by atoms with Crippen molar-refractivity contribution >= 4 is 17.2 Å². The molecule has 0 aliphatic carbocycles. The number of carbonyl (C=O) groups is 1. The van der Waals surface area contributed by atoms with Gasteiger partial charge in [-0.3, -0.25) is 4.79 Å². The molecule has 21 heavy (non-hydrogen) atoms. The van der Waals surface area contributed by atoms with Crippen molar-refractivity contribution < 1.29 is 9.53 Å². The quantitative estimate of drug-likeness (QED) is 0.928. The van der Waals surface area contributed by atoms with E-state index in [0.29, 0.717) is 26.3 Å². The number of nitrogens with zero attached hydrogens (tertiary/aromatic N) is 1. The van der Waals surface area contributed by atoms with Crippen LogP contribution in [-0.2, 0) is 21.5 Å². The fourth-order valence-electron chi connectivity index (χ4n) is 2.27. The van der Waals surface area contributed by atoms with Crippen LogP contribution in [0.3, 0.4) is 0 Å². The number of rotatable bonds is 4. The van der Waals surface area contributed by atoms with E-state index in [1.54, 1.807) is 0 Å². The lowest BCUT2D eigenvalue weighted by Crippen LogP contribution is -2.48. The highest BCUT2D eigenvalue weighted by Gasteiger charge is 2.22. The van der Waals surface area contributed by atoms with Crippen LogP contribution in [0.4, 0.5) is 0 Å². The van der Waals surface area contributed by atoms with Crippen molar-refractivity contribution in [3.63, 3.8) is 0 Å². The topological polar surface area (TPSA) is 41.6 Å². The van der Waals surface area contributed by atoms with Gasteiger partial charge in [-0.1, -0.05) is 20.8 Å². The number of hydrogen-bond acceptors (Lipinski definition) is 4. The van der Waals surface area contributed by atoms with Crippen LogP contribution in [0.5, 0.6) is 0 Å². The molecule has 4 nitrogen and oxygen atoms in total. The monoisotopic (exact) mass is 310 g/mol. The maximum atomic E-state index is 12.3. The summed E-state index contributed by atoms with van der Waals surface area (Å²) in [5, 5.41) is 3.34. The van der Waals surface area contributed by atoms with Crippen LogP contribution in [0, 0.1) is 0 Å². The molecule has 1 fully saturated rings. The van der Waals surface area contributed by atoms with Gasteiger partial charge in [-0.2, -0.15) is 0 Å². The number of hydrogen-bond donors (Lipinski definition) is 1. The molecule has 1 unspecified atom stereocenters. The lowest BCUT2D eigenvalue weighted by Gasteiger charge is -2.29. The first-order chi connectivity index (χ1) is 9.88. The zero-order valence-electron chi connectivity index (χ0n) is 13.4. The van der Waals surface area contributed by atoms with Gasteiger partial charge in [0.25, 0.3) is 0 Å². The van der Waals surface area contributed by atoms with Crippen LogP contribution in [0.15, 0.2) is 12.1 Å². The molecule has 2 rings (SSSR count). The van der Waals surface area contributed by atoms with Crippen LogP contribution >= 0.6 is 11.3 Å². The normalized spacial score (nSPS) is 17.8. The highest BCUT2D eigenvalue weighted by molar-refractivity contribution is 7.12. The first-order valence-electron chi connectivity index (χ1n) is 7.57. The van der Waals surface area contributed by atoms with E-state index >= 15 is 0 Å². The van der Waals surface area contributed by atoms with E-state index in [1.165, 1.54) is 9.75 Å². The summed E-state index contributed by atoms with van der Waals surface area (Å²) in [5.74, 6) is 0.172. The van der Waals surface area contributed by atoms with Crippen molar-refractivity contribution in [2.45, 2.75) is 45.7 Å². The van der Waals surface area contributed by atoms with Crippen molar-refractivity contribution in [1.29, 1.82) is 0 Å². The molecule has 0 radical (unpaired) electrons. The van der Waals surface area contributed by atoms with Gasteiger partial charge < -0.3 is 15.0 Å². The fourth-order valence-corrected chi connectivity index (χ4v) is 3.29. The van der Waals surface area contributed by atoms with Crippen molar-refractivity contribution in [1.82, 2.24) is 10.2 Å². The first-order valence-corrected chi connectivity index (χ1v) is 8.38. The van der Waals surface area contributed by atoms with Gasteiger partial charge in [0.1, 0.15) is 0 Å². The molecule has 1 amide bonds. The van der Waals surface area contributed by atoms with E-state index in [-0.39, 0.29) is 17.4 Å². The minimum Gasteiger partial charge on any atom is -0.378 e. The van der Waals surface area contributed by atoms with Crippen LogP contribution in [-0.4, -0.2) is 43.2 Å². The van der Waals surface area contributed by atoms with Crippen LogP contribution in [0.25, 0.3) is 0 Å². The second-order valence-corrected chi connectivity index (χ2v) is 7.72. The van der Waals surface area contributed by atoms with Gasteiger partial charge in [0, 0.05) is 29.4 Å². The summed E-state index contributed by atoms with van der Waals surface area (Å²) >= 11 is 1.82. The summed E-state index contributed by atoms with van der Waals surface area (Å²) in [6.45, 7) is 12.1. The molecule has 0 bridgehead atoms. The van der Waals surface area contributed by atoms with Crippen molar-refractivity contribution in [3.8, 4) is 0 Å². The average Bonchev–Trinajstić information content (AvgIpc) is 2.94. The van der Waals surface area contributed by atoms with E-state index in [4.69, 9.17) is 4.74 Å². The molecule has 1 saturated heterocycles. The van der Waals surface area contributed by atoms with E-state index in [1.807, 2.05) is 23.2 Å². The smallest absolute Gasteiger partial charge is 0.239 e. The molecule has 1 aliphatic heterocycles. The first kappa shape index (κ1) is 16.5. The zero-order valence-corrected chi connectivity index (χ0v) is 14.3. The second kappa shape index (κ2) is 6.90. The van der Waals surface area contributed by atoms with Crippen LogP contribution in [0.1, 0.15) is 37.4 Å². The second-order valence-electron chi connectivity index (χ2n) is 6.56. The Bertz CT molecular complexity index is 473. The third kappa shape index (κ3) is 4.53. The number of ether oxygens (including phenoxy) is 1. The molecule has 0 saturated carbocycles. The Kier molecular flexibility index (Phi) is 5.41. The summed E-state index contributed by atoms with van der Waals surface area (Å²) in [4.78, 5) is 16.8. The summed E-state index contributed by atoms with van der Waals surface area (Å²) < 4.78 is 5.28. The molecule has 2 heterocycles. The third-order valence-corrected chi connectivity index (χ3v) is 5.19. The Morgan fingerprint density at radius 2 is 2.05 bits per heavy atom. The van der Waals surface area contributed by atoms with Crippen molar-refractivity contribution in [2.24, 2.45) is 0 Å². The average molecular weight is 310 g/mol. The standard InChI is InChI=1S/C16H26N2O2S/c1-12(15(19)18-7-9-20-10-8-18)17-11-13-5-6-14(21-13)16(2,3)4/h5-6,12,17H,7-11H2,1-4H3. The highest BCUT2D eigenvalue weighted by atomic mass is 32.1. The van der Waals surface area contributed by atoms with Crippen LogP contribution < -0.4 is 5.32 Å². The molecule has 5 heteroatoms. The van der Waals surface area contributed by atoms with E-state index < -0.39 is 0 Å². The summed E-state index contributed by atoms with van der Waals surface area (Å²) in [6.07, 6.45) is 0. The molecular formula is C16H26N2O2S. The van der Waals surface area contributed by atoms with Gasteiger partial charge >= 0.3 is 0 Å².